The monoisotopic (exact) mass is 228 g/mol. The van der Waals surface area contributed by atoms with Crippen LogP contribution in [0.4, 0.5) is 0 Å². The van der Waals surface area contributed by atoms with E-state index < -0.39 is 0 Å². The van der Waals surface area contributed by atoms with Gasteiger partial charge in [-0.15, -0.1) is 0 Å². The predicted molar refractivity (Wildman–Crippen MR) is 68.8 cm³/mol. The standard InChI is InChI=1S/C13H28N2O/c1-11-10-15(5)8-6-12(11)14-7-9-16-13(2,3)4/h11-12,14H,6-10H2,1-5H3. The number of nitrogens with zero attached hydrogens (tertiary/aromatic N) is 1. The van der Waals surface area contributed by atoms with Crippen LogP contribution in [0.3, 0.4) is 0 Å². The van der Waals surface area contributed by atoms with Crippen LogP contribution in [0.25, 0.3) is 0 Å². The van der Waals surface area contributed by atoms with Gasteiger partial charge in [0, 0.05) is 19.1 Å². The maximum absolute atomic E-state index is 5.70. The second kappa shape index (κ2) is 5.99. The van der Waals surface area contributed by atoms with Gasteiger partial charge in [-0.3, -0.25) is 0 Å². The molecule has 0 bridgehead atoms. The van der Waals surface area contributed by atoms with Crippen molar-refractivity contribution in [2.75, 3.05) is 33.3 Å². The Kier molecular flexibility index (Phi) is 5.22. The van der Waals surface area contributed by atoms with Crippen LogP contribution >= 0.6 is 0 Å². The average Bonchev–Trinajstić information content (AvgIpc) is 2.13. The summed E-state index contributed by atoms with van der Waals surface area (Å²) in [6, 6.07) is 0.666. The van der Waals surface area contributed by atoms with E-state index in [1.54, 1.807) is 0 Å². The van der Waals surface area contributed by atoms with Gasteiger partial charge in [-0.2, -0.15) is 0 Å². The molecule has 0 saturated carbocycles. The third-order valence-corrected chi connectivity index (χ3v) is 3.15. The van der Waals surface area contributed by atoms with Crippen molar-refractivity contribution in [3.63, 3.8) is 0 Å². The van der Waals surface area contributed by atoms with Crippen LogP contribution in [-0.2, 0) is 4.74 Å². The Morgan fingerprint density at radius 3 is 2.62 bits per heavy atom. The Bertz CT molecular complexity index is 201. The number of piperidine rings is 1. The Hall–Kier alpha value is -0.120. The molecule has 1 saturated heterocycles. The zero-order chi connectivity index (χ0) is 12.2. The Labute approximate surface area is 101 Å². The van der Waals surface area contributed by atoms with Crippen molar-refractivity contribution >= 4 is 0 Å². The summed E-state index contributed by atoms with van der Waals surface area (Å²) in [6.45, 7) is 12.8. The first-order chi connectivity index (χ1) is 7.38. The lowest BCUT2D eigenvalue weighted by molar-refractivity contribution is -0.00300. The molecule has 0 radical (unpaired) electrons. The van der Waals surface area contributed by atoms with Gasteiger partial charge in [-0.1, -0.05) is 6.92 Å². The highest BCUT2D eigenvalue weighted by atomic mass is 16.5. The van der Waals surface area contributed by atoms with Crippen molar-refractivity contribution in [3.05, 3.63) is 0 Å². The summed E-state index contributed by atoms with van der Waals surface area (Å²) >= 11 is 0. The first-order valence-corrected chi connectivity index (χ1v) is 6.44. The number of hydrogen-bond donors (Lipinski definition) is 1. The zero-order valence-electron chi connectivity index (χ0n) is 11.5. The van der Waals surface area contributed by atoms with Gasteiger partial charge in [0.05, 0.1) is 12.2 Å². The van der Waals surface area contributed by atoms with Crippen molar-refractivity contribution in [1.82, 2.24) is 10.2 Å². The maximum Gasteiger partial charge on any atom is 0.0599 e. The summed E-state index contributed by atoms with van der Waals surface area (Å²) in [5, 5.41) is 3.61. The lowest BCUT2D eigenvalue weighted by Crippen LogP contribution is -2.47. The molecule has 1 rings (SSSR count). The lowest BCUT2D eigenvalue weighted by Gasteiger charge is -2.35. The summed E-state index contributed by atoms with van der Waals surface area (Å²) in [5.74, 6) is 0.744. The van der Waals surface area contributed by atoms with Crippen LogP contribution in [0.15, 0.2) is 0 Å². The van der Waals surface area contributed by atoms with Gasteiger partial charge >= 0.3 is 0 Å². The topological polar surface area (TPSA) is 24.5 Å². The van der Waals surface area contributed by atoms with E-state index in [1.807, 2.05) is 0 Å². The molecular formula is C13H28N2O. The number of likely N-dealkylation sites (tertiary alicyclic amines) is 1. The molecule has 1 aliphatic rings. The highest BCUT2D eigenvalue weighted by Gasteiger charge is 2.23. The molecule has 0 aromatic carbocycles. The number of ether oxygens (including phenoxy) is 1. The molecule has 0 amide bonds. The van der Waals surface area contributed by atoms with E-state index in [2.05, 4.69) is 45.0 Å². The van der Waals surface area contributed by atoms with E-state index in [9.17, 15) is 0 Å². The molecule has 0 aromatic heterocycles. The number of hydrogen-bond acceptors (Lipinski definition) is 3. The van der Waals surface area contributed by atoms with E-state index in [0.717, 1.165) is 19.1 Å². The van der Waals surface area contributed by atoms with Crippen LogP contribution in [0.1, 0.15) is 34.1 Å². The second-order valence-electron chi connectivity index (χ2n) is 6.05. The fraction of sp³-hybridized carbons (Fsp3) is 1.00. The minimum Gasteiger partial charge on any atom is -0.375 e. The van der Waals surface area contributed by atoms with Gasteiger partial charge in [0.25, 0.3) is 0 Å². The van der Waals surface area contributed by atoms with Gasteiger partial charge < -0.3 is 15.0 Å². The molecule has 3 heteroatoms. The Balaban J connectivity index is 2.13. The molecule has 1 aliphatic heterocycles. The molecular weight excluding hydrogens is 200 g/mol. The van der Waals surface area contributed by atoms with Crippen LogP contribution in [0.2, 0.25) is 0 Å². The molecule has 0 aromatic rings. The fourth-order valence-corrected chi connectivity index (χ4v) is 2.26. The van der Waals surface area contributed by atoms with Crippen molar-refractivity contribution in [3.8, 4) is 0 Å². The van der Waals surface area contributed by atoms with Crippen LogP contribution in [-0.4, -0.2) is 49.8 Å². The first-order valence-electron chi connectivity index (χ1n) is 6.44. The molecule has 2 unspecified atom stereocenters. The third kappa shape index (κ3) is 5.28. The fourth-order valence-electron chi connectivity index (χ4n) is 2.26. The highest BCUT2D eigenvalue weighted by molar-refractivity contribution is 4.81. The van der Waals surface area contributed by atoms with Crippen LogP contribution in [0.5, 0.6) is 0 Å². The minimum atomic E-state index is -0.0138. The van der Waals surface area contributed by atoms with Crippen molar-refractivity contribution in [1.29, 1.82) is 0 Å². The maximum atomic E-state index is 5.70. The number of nitrogens with one attached hydrogen (secondary N) is 1. The van der Waals surface area contributed by atoms with Gasteiger partial charge in [-0.05, 0) is 46.7 Å². The molecule has 0 aliphatic carbocycles. The van der Waals surface area contributed by atoms with Gasteiger partial charge in [0.15, 0.2) is 0 Å². The quantitative estimate of drug-likeness (QED) is 0.742. The second-order valence-corrected chi connectivity index (χ2v) is 6.05. The molecule has 1 fully saturated rings. The molecule has 0 spiro atoms. The van der Waals surface area contributed by atoms with Gasteiger partial charge in [0.2, 0.25) is 0 Å². The molecule has 1 heterocycles. The summed E-state index contributed by atoms with van der Waals surface area (Å²) in [6.07, 6.45) is 1.26. The van der Waals surface area contributed by atoms with Gasteiger partial charge in [-0.25, -0.2) is 0 Å². The molecule has 3 nitrogen and oxygen atoms in total. The third-order valence-electron chi connectivity index (χ3n) is 3.15. The predicted octanol–water partition coefficient (Wildman–Crippen LogP) is 1.73. The summed E-state index contributed by atoms with van der Waals surface area (Å²) in [5.41, 5.74) is -0.0138. The van der Waals surface area contributed by atoms with E-state index in [-0.39, 0.29) is 5.60 Å². The van der Waals surface area contributed by atoms with E-state index >= 15 is 0 Å². The van der Waals surface area contributed by atoms with E-state index in [0.29, 0.717) is 6.04 Å². The average molecular weight is 228 g/mol. The van der Waals surface area contributed by atoms with Crippen molar-refractivity contribution < 1.29 is 4.74 Å². The SMILES string of the molecule is CC1CN(C)CCC1NCCOC(C)(C)C. The zero-order valence-corrected chi connectivity index (χ0v) is 11.5. The Morgan fingerprint density at radius 2 is 2.06 bits per heavy atom. The molecule has 2 atom stereocenters. The normalized spacial score (nSPS) is 28.3. The van der Waals surface area contributed by atoms with E-state index in [4.69, 9.17) is 4.74 Å². The molecule has 96 valence electrons. The first kappa shape index (κ1) is 13.9. The summed E-state index contributed by atoms with van der Waals surface area (Å²) in [4.78, 5) is 2.41. The lowest BCUT2D eigenvalue weighted by atomic mass is 9.94. The Morgan fingerprint density at radius 1 is 1.38 bits per heavy atom. The highest BCUT2D eigenvalue weighted by Crippen LogP contribution is 2.15. The van der Waals surface area contributed by atoms with Crippen molar-refractivity contribution in [2.45, 2.75) is 45.8 Å². The van der Waals surface area contributed by atoms with Crippen LogP contribution in [0, 0.1) is 5.92 Å². The summed E-state index contributed by atoms with van der Waals surface area (Å²) in [7, 11) is 2.20. The summed E-state index contributed by atoms with van der Waals surface area (Å²) < 4.78 is 5.70. The van der Waals surface area contributed by atoms with Gasteiger partial charge in [0.1, 0.15) is 0 Å². The van der Waals surface area contributed by atoms with Crippen LogP contribution < -0.4 is 5.32 Å². The minimum absolute atomic E-state index is 0.0138. The molecule has 16 heavy (non-hydrogen) atoms. The molecule has 1 N–H and O–H groups in total. The van der Waals surface area contributed by atoms with E-state index in [1.165, 1.54) is 19.5 Å². The smallest absolute Gasteiger partial charge is 0.0599 e. The van der Waals surface area contributed by atoms with Crippen molar-refractivity contribution in [2.24, 2.45) is 5.92 Å². The largest absolute Gasteiger partial charge is 0.375 e. The number of rotatable bonds is 4.